The third kappa shape index (κ3) is 5.86. The number of carbonyl (C=O) groups is 1. The maximum Gasteiger partial charge on any atom is 0.357 e. The molecule has 2 aromatic rings. The largest absolute Gasteiger partial charge is 0.357 e. The number of benzene rings is 2. The molecular formula is C20H23FNO4P. The van der Waals surface area contributed by atoms with Crippen LogP contribution in [0.5, 0.6) is 0 Å². The van der Waals surface area contributed by atoms with E-state index in [1.165, 1.54) is 24.3 Å². The second kappa shape index (κ2) is 10.2. The predicted octanol–water partition coefficient (Wildman–Crippen LogP) is 4.92. The zero-order valence-corrected chi connectivity index (χ0v) is 16.2. The van der Waals surface area contributed by atoms with Gasteiger partial charge < -0.3 is 14.4 Å². The first kappa shape index (κ1) is 21.0. The van der Waals surface area contributed by atoms with Crippen LogP contribution in [0.25, 0.3) is 6.08 Å². The van der Waals surface area contributed by atoms with Crippen molar-refractivity contribution in [3.63, 3.8) is 0 Å². The Bertz CT molecular complexity index is 816. The van der Waals surface area contributed by atoms with Gasteiger partial charge in [-0.15, -0.1) is 0 Å². The van der Waals surface area contributed by atoms with Crippen LogP contribution in [-0.4, -0.2) is 19.1 Å². The first-order valence-electron chi connectivity index (χ1n) is 8.67. The van der Waals surface area contributed by atoms with Crippen molar-refractivity contribution in [2.75, 3.05) is 13.2 Å². The first-order chi connectivity index (χ1) is 13.0. The minimum atomic E-state index is -3.83. The summed E-state index contributed by atoms with van der Waals surface area (Å²) in [7, 11) is -3.83. The van der Waals surface area contributed by atoms with Crippen molar-refractivity contribution in [1.82, 2.24) is 5.32 Å². The second-order valence-electron chi connectivity index (χ2n) is 5.55. The highest BCUT2D eigenvalue weighted by Crippen LogP contribution is 2.59. The molecule has 0 bridgehead atoms. The second-order valence-corrected chi connectivity index (χ2v) is 7.66. The minimum Gasteiger partial charge on any atom is -0.335 e. The van der Waals surface area contributed by atoms with Gasteiger partial charge in [0.1, 0.15) is 5.82 Å². The number of amides is 1. The van der Waals surface area contributed by atoms with Gasteiger partial charge in [-0.25, -0.2) is 4.39 Å². The van der Waals surface area contributed by atoms with Gasteiger partial charge >= 0.3 is 7.60 Å². The molecule has 2 rings (SSSR count). The van der Waals surface area contributed by atoms with Crippen molar-refractivity contribution in [2.24, 2.45) is 0 Å². The van der Waals surface area contributed by atoms with Gasteiger partial charge in [0.15, 0.2) is 5.78 Å². The van der Waals surface area contributed by atoms with Gasteiger partial charge in [-0.1, -0.05) is 48.5 Å². The molecule has 1 N–H and O–H groups in total. The molecule has 2 aromatic carbocycles. The lowest BCUT2D eigenvalue weighted by Gasteiger charge is -2.27. The quantitative estimate of drug-likeness (QED) is 0.487. The fourth-order valence-corrected chi connectivity index (χ4v) is 4.42. The zero-order chi connectivity index (χ0) is 19.7. The number of hydrogen-bond acceptors (Lipinski definition) is 4. The van der Waals surface area contributed by atoms with Crippen LogP contribution in [-0.2, 0) is 18.4 Å². The van der Waals surface area contributed by atoms with Crippen molar-refractivity contribution >= 4 is 19.6 Å². The van der Waals surface area contributed by atoms with Gasteiger partial charge in [0.25, 0.3) is 0 Å². The molecular weight excluding hydrogens is 368 g/mol. The molecule has 0 aliphatic heterocycles. The summed E-state index contributed by atoms with van der Waals surface area (Å²) in [5.41, 5.74) is 0.872. The average molecular weight is 391 g/mol. The molecule has 0 heterocycles. The van der Waals surface area contributed by atoms with E-state index >= 15 is 0 Å². The lowest BCUT2D eigenvalue weighted by molar-refractivity contribution is -0.116. The average Bonchev–Trinajstić information content (AvgIpc) is 2.66. The normalized spacial score (nSPS) is 12.9. The summed E-state index contributed by atoms with van der Waals surface area (Å²) < 4.78 is 38.2. The van der Waals surface area contributed by atoms with E-state index in [1.54, 1.807) is 26.0 Å². The van der Waals surface area contributed by atoms with Crippen LogP contribution < -0.4 is 5.32 Å². The number of halogens is 1. The van der Waals surface area contributed by atoms with E-state index in [1.807, 2.05) is 30.3 Å². The molecule has 0 aromatic heterocycles. The molecule has 0 saturated carbocycles. The van der Waals surface area contributed by atoms with E-state index in [9.17, 15) is 13.8 Å². The Morgan fingerprint density at radius 1 is 1.07 bits per heavy atom. The first-order valence-corrected chi connectivity index (χ1v) is 10.3. The van der Waals surface area contributed by atoms with E-state index in [0.717, 1.165) is 5.56 Å². The fraction of sp³-hybridized carbons (Fsp3) is 0.250. The Hall–Kier alpha value is -2.27. The monoisotopic (exact) mass is 391 g/mol. The lowest BCUT2D eigenvalue weighted by atomic mass is 10.2. The molecule has 0 saturated heterocycles. The van der Waals surface area contributed by atoms with Crippen LogP contribution in [0.4, 0.5) is 4.39 Å². The van der Waals surface area contributed by atoms with Crippen molar-refractivity contribution in [3.05, 3.63) is 77.6 Å². The molecule has 1 amide bonds. The van der Waals surface area contributed by atoms with Crippen molar-refractivity contribution in [3.8, 4) is 0 Å². The molecule has 0 radical (unpaired) electrons. The topological polar surface area (TPSA) is 64.6 Å². The molecule has 1 unspecified atom stereocenters. The van der Waals surface area contributed by atoms with E-state index in [2.05, 4.69) is 5.32 Å². The number of hydrogen-bond donors (Lipinski definition) is 1. The SMILES string of the molecule is CCOP(=O)(OCC)C(NC(=O)/C=C/c1ccccc1)c1ccccc1F. The van der Waals surface area contributed by atoms with Gasteiger partial charge in [-0.05, 0) is 31.6 Å². The number of carbonyl (C=O) groups excluding carboxylic acids is 1. The van der Waals surface area contributed by atoms with Crippen LogP contribution in [0.2, 0.25) is 0 Å². The molecule has 0 spiro atoms. The number of nitrogens with one attached hydrogen (secondary N) is 1. The highest BCUT2D eigenvalue weighted by Gasteiger charge is 2.39. The van der Waals surface area contributed by atoms with E-state index in [0.29, 0.717) is 0 Å². The summed E-state index contributed by atoms with van der Waals surface area (Å²) in [5, 5.41) is 2.58. The van der Waals surface area contributed by atoms with Crippen LogP contribution >= 0.6 is 7.60 Å². The lowest BCUT2D eigenvalue weighted by Crippen LogP contribution is -2.29. The van der Waals surface area contributed by atoms with Gasteiger partial charge in [0.2, 0.25) is 5.91 Å². The third-order valence-corrected chi connectivity index (χ3v) is 5.92. The molecule has 1 atom stereocenters. The molecule has 27 heavy (non-hydrogen) atoms. The van der Waals surface area contributed by atoms with E-state index < -0.39 is 25.1 Å². The van der Waals surface area contributed by atoms with Gasteiger partial charge in [-0.2, -0.15) is 0 Å². The maximum absolute atomic E-state index is 14.4. The zero-order valence-electron chi connectivity index (χ0n) is 15.3. The molecule has 144 valence electrons. The van der Waals surface area contributed by atoms with Crippen LogP contribution in [0.3, 0.4) is 0 Å². The van der Waals surface area contributed by atoms with E-state index in [4.69, 9.17) is 9.05 Å². The van der Waals surface area contributed by atoms with Crippen molar-refractivity contribution < 1.29 is 22.8 Å². The molecule has 0 aliphatic rings. The Labute approximate surface area is 158 Å². The summed E-state index contributed by atoms with van der Waals surface area (Å²) in [4.78, 5) is 12.4. The third-order valence-electron chi connectivity index (χ3n) is 3.64. The Morgan fingerprint density at radius 3 is 2.26 bits per heavy atom. The predicted molar refractivity (Wildman–Crippen MR) is 104 cm³/mol. The van der Waals surface area contributed by atoms with Crippen LogP contribution in [0.1, 0.15) is 30.8 Å². The van der Waals surface area contributed by atoms with Gasteiger partial charge in [0.05, 0.1) is 13.2 Å². The molecule has 5 nitrogen and oxygen atoms in total. The van der Waals surface area contributed by atoms with Crippen molar-refractivity contribution in [1.29, 1.82) is 0 Å². The van der Waals surface area contributed by atoms with Gasteiger partial charge in [0, 0.05) is 11.6 Å². The highest BCUT2D eigenvalue weighted by molar-refractivity contribution is 7.54. The van der Waals surface area contributed by atoms with Crippen molar-refractivity contribution in [2.45, 2.75) is 19.6 Å². The summed E-state index contributed by atoms with van der Waals surface area (Å²) in [5.74, 6) is -2.40. The molecule has 0 fully saturated rings. The summed E-state index contributed by atoms with van der Waals surface area (Å²) >= 11 is 0. The summed E-state index contributed by atoms with van der Waals surface area (Å²) in [6.07, 6.45) is 2.91. The van der Waals surface area contributed by atoms with Gasteiger partial charge in [-0.3, -0.25) is 9.36 Å². The van der Waals surface area contributed by atoms with Crippen LogP contribution in [0, 0.1) is 5.82 Å². The number of rotatable bonds is 9. The summed E-state index contributed by atoms with van der Waals surface area (Å²) in [6, 6.07) is 15.0. The highest BCUT2D eigenvalue weighted by atomic mass is 31.2. The fourth-order valence-electron chi connectivity index (χ4n) is 2.49. The van der Waals surface area contributed by atoms with E-state index in [-0.39, 0.29) is 18.8 Å². The smallest absolute Gasteiger partial charge is 0.335 e. The summed E-state index contributed by atoms with van der Waals surface area (Å²) in [6.45, 7) is 3.50. The maximum atomic E-state index is 14.4. The Kier molecular flexibility index (Phi) is 7.92. The Morgan fingerprint density at radius 2 is 1.67 bits per heavy atom. The molecule has 7 heteroatoms. The minimum absolute atomic E-state index is 0.0456. The van der Waals surface area contributed by atoms with Crippen LogP contribution in [0.15, 0.2) is 60.7 Å². The standard InChI is InChI=1S/C20H23FNO4P/c1-3-25-27(24,26-4-2)20(17-12-8-9-13-18(17)21)22-19(23)15-14-16-10-6-5-7-11-16/h5-15,20H,3-4H2,1-2H3,(H,22,23)/b15-14+. The molecule has 0 aliphatic carbocycles. The Balaban J connectivity index is 2.32.